The van der Waals surface area contributed by atoms with Crippen LogP contribution in [-0.4, -0.2) is 17.4 Å². The SMILES string of the molecule is NC(=O)COc1ccc([N+](=O)[O-])cc1Cc1ccccc1. The van der Waals surface area contributed by atoms with E-state index in [0.717, 1.165) is 5.56 Å². The van der Waals surface area contributed by atoms with E-state index in [9.17, 15) is 14.9 Å². The number of nitrogens with two attached hydrogens (primary N) is 1. The van der Waals surface area contributed by atoms with Gasteiger partial charge in [0, 0.05) is 24.1 Å². The third-order valence-corrected chi connectivity index (χ3v) is 2.86. The first-order valence-electron chi connectivity index (χ1n) is 6.28. The summed E-state index contributed by atoms with van der Waals surface area (Å²) in [5.74, 6) is -0.178. The van der Waals surface area contributed by atoms with Crippen LogP contribution in [0, 0.1) is 10.1 Å². The van der Waals surface area contributed by atoms with Crippen LogP contribution in [0.4, 0.5) is 5.69 Å². The minimum Gasteiger partial charge on any atom is -0.483 e. The summed E-state index contributed by atoms with van der Waals surface area (Å²) in [7, 11) is 0. The van der Waals surface area contributed by atoms with Crippen molar-refractivity contribution in [2.75, 3.05) is 6.61 Å². The molecule has 0 fully saturated rings. The first kappa shape index (κ1) is 14.5. The molecule has 1 amide bonds. The molecule has 0 saturated heterocycles. The average Bonchev–Trinajstić information content (AvgIpc) is 2.46. The van der Waals surface area contributed by atoms with Crippen LogP contribution in [-0.2, 0) is 11.2 Å². The minimum atomic E-state index is -0.598. The molecular weight excluding hydrogens is 272 g/mol. The summed E-state index contributed by atoms with van der Waals surface area (Å²) < 4.78 is 5.31. The fraction of sp³-hybridized carbons (Fsp3) is 0.133. The molecule has 0 saturated carbocycles. The first-order chi connectivity index (χ1) is 10.1. The summed E-state index contributed by atoms with van der Waals surface area (Å²) in [5.41, 5.74) is 6.65. The fourth-order valence-electron chi connectivity index (χ4n) is 1.92. The van der Waals surface area contributed by atoms with Crippen molar-refractivity contribution in [3.05, 3.63) is 69.8 Å². The third-order valence-electron chi connectivity index (χ3n) is 2.86. The highest BCUT2D eigenvalue weighted by molar-refractivity contribution is 5.75. The van der Waals surface area contributed by atoms with E-state index in [-0.39, 0.29) is 12.3 Å². The molecule has 0 aliphatic carbocycles. The second-order valence-corrected chi connectivity index (χ2v) is 4.47. The van der Waals surface area contributed by atoms with Gasteiger partial charge in [-0.2, -0.15) is 0 Å². The van der Waals surface area contributed by atoms with Crippen molar-refractivity contribution in [3.8, 4) is 5.75 Å². The molecule has 2 aromatic rings. The number of hydrogen-bond acceptors (Lipinski definition) is 4. The first-order valence-corrected chi connectivity index (χ1v) is 6.28. The molecular formula is C15H14N2O4. The Balaban J connectivity index is 2.31. The van der Waals surface area contributed by atoms with Crippen molar-refractivity contribution in [1.82, 2.24) is 0 Å². The summed E-state index contributed by atoms with van der Waals surface area (Å²) in [4.78, 5) is 21.2. The van der Waals surface area contributed by atoms with Crippen LogP contribution in [0.15, 0.2) is 48.5 Å². The fourth-order valence-corrected chi connectivity index (χ4v) is 1.92. The number of hydrogen-bond donors (Lipinski definition) is 1. The predicted molar refractivity (Wildman–Crippen MR) is 77.0 cm³/mol. The second kappa shape index (κ2) is 6.51. The molecule has 0 aliphatic rings. The van der Waals surface area contributed by atoms with E-state index in [1.54, 1.807) is 0 Å². The highest BCUT2D eigenvalue weighted by atomic mass is 16.6. The standard InChI is InChI=1S/C15H14N2O4/c16-15(18)10-21-14-7-6-13(17(19)20)9-12(14)8-11-4-2-1-3-5-11/h1-7,9H,8,10H2,(H2,16,18). The van der Waals surface area contributed by atoms with Gasteiger partial charge in [-0.1, -0.05) is 30.3 Å². The van der Waals surface area contributed by atoms with E-state index in [1.807, 2.05) is 30.3 Å². The lowest BCUT2D eigenvalue weighted by Gasteiger charge is -2.10. The molecule has 0 bridgehead atoms. The number of carbonyl (C=O) groups excluding carboxylic acids is 1. The smallest absolute Gasteiger partial charge is 0.269 e. The van der Waals surface area contributed by atoms with E-state index >= 15 is 0 Å². The molecule has 6 nitrogen and oxygen atoms in total. The van der Waals surface area contributed by atoms with Crippen molar-refractivity contribution < 1.29 is 14.5 Å². The Morgan fingerprint density at radius 3 is 2.52 bits per heavy atom. The lowest BCUT2D eigenvalue weighted by molar-refractivity contribution is -0.384. The predicted octanol–water partition coefficient (Wildman–Crippen LogP) is 2.05. The molecule has 108 valence electrons. The maximum Gasteiger partial charge on any atom is 0.269 e. The van der Waals surface area contributed by atoms with E-state index < -0.39 is 10.8 Å². The largest absolute Gasteiger partial charge is 0.483 e. The molecule has 21 heavy (non-hydrogen) atoms. The molecule has 0 heterocycles. The molecule has 0 unspecified atom stereocenters. The molecule has 2 N–H and O–H groups in total. The van der Waals surface area contributed by atoms with E-state index in [2.05, 4.69) is 0 Å². The lowest BCUT2D eigenvalue weighted by atomic mass is 10.0. The molecule has 2 aromatic carbocycles. The number of nitrogens with zero attached hydrogens (tertiary/aromatic N) is 1. The van der Waals surface area contributed by atoms with Crippen molar-refractivity contribution in [2.24, 2.45) is 5.73 Å². The lowest BCUT2D eigenvalue weighted by Crippen LogP contribution is -2.20. The van der Waals surface area contributed by atoms with Crippen LogP contribution in [0.5, 0.6) is 5.75 Å². The zero-order chi connectivity index (χ0) is 15.2. The van der Waals surface area contributed by atoms with Crippen molar-refractivity contribution in [3.63, 3.8) is 0 Å². The van der Waals surface area contributed by atoms with Crippen molar-refractivity contribution in [2.45, 2.75) is 6.42 Å². The monoisotopic (exact) mass is 286 g/mol. The Morgan fingerprint density at radius 2 is 1.90 bits per heavy atom. The number of non-ortho nitro benzene ring substituents is 1. The van der Waals surface area contributed by atoms with Crippen LogP contribution < -0.4 is 10.5 Å². The summed E-state index contributed by atoms with van der Waals surface area (Å²) >= 11 is 0. The molecule has 0 spiro atoms. The Hall–Kier alpha value is -2.89. The van der Waals surface area contributed by atoms with Gasteiger partial charge in [-0.25, -0.2) is 0 Å². The molecule has 2 rings (SSSR count). The van der Waals surface area contributed by atoms with Gasteiger partial charge in [-0.3, -0.25) is 14.9 Å². The van der Waals surface area contributed by atoms with Crippen molar-refractivity contribution >= 4 is 11.6 Å². The number of primary amides is 1. The Morgan fingerprint density at radius 1 is 1.19 bits per heavy atom. The highest BCUT2D eigenvalue weighted by Gasteiger charge is 2.13. The number of amides is 1. The number of nitro groups is 1. The zero-order valence-electron chi connectivity index (χ0n) is 11.2. The van der Waals surface area contributed by atoms with Gasteiger partial charge < -0.3 is 10.5 Å². The van der Waals surface area contributed by atoms with Gasteiger partial charge in [-0.05, 0) is 11.6 Å². The average molecular weight is 286 g/mol. The number of ether oxygens (including phenoxy) is 1. The number of benzene rings is 2. The maximum absolute atomic E-state index is 10.9. The molecule has 0 atom stereocenters. The van der Waals surface area contributed by atoms with Crippen LogP contribution >= 0.6 is 0 Å². The topological polar surface area (TPSA) is 95.5 Å². The van der Waals surface area contributed by atoms with Crippen LogP contribution in [0.1, 0.15) is 11.1 Å². The third kappa shape index (κ3) is 4.04. The van der Waals surface area contributed by atoms with Gasteiger partial charge in [-0.15, -0.1) is 0 Å². The minimum absolute atomic E-state index is 0.0210. The van der Waals surface area contributed by atoms with Crippen LogP contribution in [0.25, 0.3) is 0 Å². The summed E-state index contributed by atoms with van der Waals surface area (Å²) in [6, 6.07) is 13.8. The summed E-state index contributed by atoms with van der Waals surface area (Å²) in [6.07, 6.45) is 0.469. The number of rotatable bonds is 6. The van der Waals surface area contributed by atoms with Gasteiger partial charge in [0.2, 0.25) is 0 Å². The molecule has 0 radical (unpaired) electrons. The van der Waals surface area contributed by atoms with Gasteiger partial charge in [0.15, 0.2) is 6.61 Å². The van der Waals surface area contributed by atoms with Gasteiger partial charge in [0.1, 0.15) is 5.75 Å². The number of nitro benzene ring substituents is 1. The van der Waals surface area contributed by atoms with E-state index in [4.69, 9.17) is 10.5 Å². The second-order valence-electron chi connectivity index (χ2n) is 4.47. The normalized spacial score (nSPS) is 10.1. The zero-order valence-corrected chi connectivity index (χ0v) is 11.2. The Kier molecular flexibility index (Phi) is 4.50. The quantitative estimate of drug-likeness (QED) is 0.649. The summed E-state index contributed by atoms with van der Waals surface area (Å²) in [6.45, 7) is -0.264. The van der Waals surface area contributed by atoms with Gasteiger partial charge >= 0.3 is 0 Å². The van der Waals surface area contributed by atoms with Crippen molar-refractivity contribution in [1.29, 1.82) is 0 Å². The molecule has 6 heteroatoms. The Labute approximate surface area is 121 Å². The summed E-state index contributed by atoms with van der Waals surface area (Å²) in [5, 5.41) is 10.9. The highest BCUT2D eigenvalue weighted by Crippen LogP contribution is 2.26. The Bertz CT molecular complexity index is 656. The van der Waals surface area contributed by atoms with Crippen LogP contribution in [0.2, 0.25) is 0 Å². The number of carbonyl (C=O) groups is 1. The van der Waals surface area contributed by atoms with E-state index in [1.165, 1.54) is 18.2 Å². The van der Waals surface area contributed by atoms with Crippen LogP contribution in [0.3, 0.4) is 0 Å². The van der Waals surface area contributed by atoms with Gasteiger partial charge in [0.25, 0.3) is 11.6 Å². The maximum atomic E-state index is 10.9. The van der Waals surface area contributed by atoms with Gasteiger partial charge in [0.05, 0.1) is 4.92 Å². The van der Waals surface area contributed by atoms with E-state index in [0.29, 0.717) is 17.7 Å². The molecule has 0 aliphatic heterocycles. The molecule has 0 aromatic heterocycles.